The molecule has 0 bridgehead atoms. The number of nitrogens with two attached hydrogens (primary N) is 2. The molecule has 1 heterocycles. The molecule has 5 nitrogen and oxygen atoms in total. The Morgan fingerprint density at radius 1 is 1.16 bits per heavy atom. The molecule has 1 aliphatic heterocycles. The monoisotopic (exact) mass is 260 g/mol. The van der Waals surface area contributed by atoms with Crippen LogP contribution in [0.15, 0.2) is 18.2 Å². The van der Waals surface area contributed by atoms with E-state index in [2.05, 4.69) is 9.80 Å². The van der Waals surface area contributed by atoms with E-state index in [1.165, 1.54) is 12.8 Å². The van der Waals surface area contributed by atoms with E-state index in [1.54, 1.807) is 6.07 Å². The van der Waals surface area contributed by atoms with Crippen molar-refractivity contribution in [3.05, 3.63) is 23.8 Å². The molecule has 1 saturated heterocycles. The van der Waals surface area contributed by atoms with Crippen molar-refractivity contribution in [1.29, 1.82) is 0 Å². The molecule has 0 aromatic heterocycles. The highest BCUT2D eigenvalue weighted by Gasteiger charge is 2.31. The summed E-state index contributed by atoms with van der Waals surface area (Å²) >= 11 is 0. The highest BCUT2D eigenvalue weighted by atomic mass is 16.1. The minimum atomic E-state index is -0.462. The summed E-state index contributed by atoms with van der Waals surface area (Å²) in [6.45, 7) is 4.19. The number of carbonyl (C=O) groups is 1. The SMILES string of the molecule is NC(=O)c1cc(N2CCN(C3CC3)CC2)ccc1N. The van der Waals surface area contributed by atoms with Gasteiger partial charge in [0.2, 0.25) is 0 Å². The van der Waals surface area contributed by atoms with Crippen LogP contribution in [0.5, 0.6) is 0 Å². The standard InChI is InChI=1S/C14H20N4O/c15-13-4-3-11(9-12(13)14(16)19)18-7-5-17(6-8-18)10-1-2-10/h3-4,9-10H,1-2,5-8,15H2,(H2,16,19). The summed E-state index contributed by atoms with van der Waals surface area (Å²) < 4.78 is 0. The Morgan fingerprint density at radius 3 is 2.42 bits per heavy atom. The summed E-state index contributed by atoms with van der Waals surface area (Å²) in [6.07, 6.45) is 2.71. The van der Waals surface area contributed by atoms with Gasteiger partial charge < -0.3 is 16.4 Å². The second-order valence-electron chi connectivity index (χ2n) is 5.39. The highest BCUT2D eigenvalue weighted by Crippen LogP contribution is 2.29. The van der Waals surface area contributed by atoms with Gasteiger partial charge in [-0.25, -0.2) is 0 Å². The van der Waals surface area contributed by atoms with Crippen LogP contribution in [0.25, 0.3) is 0 Å². The fraction of sp³-hybridized carbons (Fsp3) is 0.500. The van der Waals surface area contributed by atoms with E-state index in [-0.39, 0.29) is 0 Å². The summed E-state index contributed by atoms with van der Waals surface area (Å²) in [7, 11) is 0. The summed E-state index contributed by atoms with van der Waals surface area (Å²) in [5.74, 6) is -0.462. The molecule has 0 atom stereocenters. The molecular formula is C14H20N4O. The van der Waals surface area contributed by atoms with E-state index in [0.29, 0.717) is 11.3 Å². The second kappa shape index (κ2) is 4.74. The molecule has 2 aliphatic rings. The highest BCUT2D eigenvalue weighted by molar-refractivity contribution is 5.99. The van der Waals surface area contributed by atoms with Crippen LogP contribution in [0, 0.1) is 0 Å². The maximum atomic E-state index is 11.3. The first kappa shape index (κ1) is 12.3. The number of nitrogen functional groups attached to an aromatic ring is 1. The van der Waals surface area contributed by atoms with E-state index in [4.69, 9.17) is 11.5 Å². The van der Waals surface area contributed by atoms with E-state index in [0.717, 1.165) is 37.9 Å². The summed E-state index contributed by atoms with van der Waals surface area (Å²) in [5.41, 5.74) is 13.0. The van der Waals surface area contributed by atoms with Crippen LogP contribution < -0.4 is 16.4 Å². The zero-order valence-corrected chi connectivity index (χ0v) is 11.0. The molecule has 0 radical (unpaired) electrons. The molecule has 1 saturated carbocycles. The predicted molar refractivity (Wildman–Crippen MR) is 76.2 cm³/mol. The van der Waals surface area contributed by atoms with Gasteiger partial charge in [-0.15, -0.1) is 0 Å². The van der Waals surface area contributed by atoms with Crippen molar-refractivity contribution in [2.24, 2.45) is 5.73 Å². The van der Waals surface area contributed by atoms with Crippen molar-refractivity contribution in [2.75, 3.05) is 36.8 Å². The average Bonchev–Trinajstić information content (AvgIpc) is 3.23. The van der Waals surface area contributed by atoms with Gasteiger partial charge in [-0.05, 0) is 31.0 Å². The molecule has 1 aromatic carbocycles. The normalized spacial score (nSPS) is 20.5. The van der Waals surface area contributed by atoms with Gasteiger partial charge in [0, 0.05) is 43.6 Å². The zero-order chi connectivity index (χ0) is 13.4. The Bertz CT molecular complexity index is 490. The van der Waals surface area contributed by atoms with Crippen molar-refractivity contribution in [3.8, 4) is 0 Å². The van der Waals surface area contributed by atoms with Crippen LogP contribution in [-0.2, 0) is 0 Å². The molecule has 1 aliphatic carbocycles. The van der Waals surface area contributed by atoms with Crippen molar-refractivity contribution < 1.29 is 4.79 Å². The molecular weight excluding hydrogens is 240 g/mol. The third-order valence-corrected chi connectivity index (χ3v) is 4.05. The minimum Gasteiger partial charge on any atom is -0.398 e. The Kier molecular flexibility index (Phi) is 3.06. The van der Waals surface area contributed by atoms with Crippen LogP contribution in [0.3, 0.4) is 0 Å². The van der Waals surface area contributed by atoms with Crippen LogP contribution in [0.1, 0.15) is 23.2 Å². The number of hydrogen-bond donors (Lipinski definition) is 2. The van der Waals surface area contributed by atoms with Gasteiger partial charge in [0.05, 0.1) is 5.56 Å². The molecule has 0 unspecified atom stereocenters. The molecule has 1 amide bonds. The molecule has 5 heteroatoms. The van der Waals surface area contributed by atoms with Gasteiger partial charge in [0.1, 0.15) is 0 Å². The third-order valence-electron chi connectivity index (χ3n) is 4.05. The lowest BCUT2D eigenvalue weighted by atomic mass is 10.1. The van der Waals surface area contributed by atoms with Gasteiger partial charge >= 0.3 is 0 Å². The smallest absolute Gasteiger partial charge is 0.250 e. The molecule has 3 rings (SSSR count). The first-order valence-electron chi connectivity index (χ1n) is 6.83. The van der Waals surface area contributed by atoms with Crippen molar-refractivity contribution >= 4 is 17.3 Å². The predicted octanol–water partition coefficient (Wildman–Crippen LogP) is 0.652. The number of anilines is 2. The van der Waals surface area contributed by atoms with Crippen LogP contribution in [0.4, 0.5) is 11.4 Å². The third kappa shape index (κ3) is 2.51. The van der Waals surface area contributed by atoms with Crippen molar-refractivity contribution in [1.82, 2.24) is 4.90 Å². The summed E-state index contributed by atoms with van der Waals surface area (Å²) in [6, 6.07) is 6.37. The number of nitrogens with zero attached hydrogens (tertiary/aromatic N) is 2. The molecule has 19 heavy (non-hydrogen) atoms. The number of piperazine rings is 1. The van der Waals surface area contributed by atoms with Crippen LogP contribution in [0.2, 0.25) is 0 Å². The van der Waals surface area contributed by atoms with E-state index < -0.39 is 5.91 Å². The van der Waals surface area contributed by atoms with Gasteiger partial charge in [0.15, 0.2) is 0 Å². The maximum absolute atomic E-state index is 11.3. The number of hydrogen-bond acceptors (Lipinski definition) is 4. The molecule has 4 N–H and O–H groups in total. The average molecular weight is 260 g/mol. The first-order chi connectivity index (χ1) is 9.15. The lowest BCUT2D eigenvalue weighted by molar-refractivity contribution is 0.100. The Hall–Kier alpha value is -1.75. The minimum absolute atomic E-state index is 0.419. The lowest BCUT2D eigenvalue weighted by Crippen LogP contribution is -2.47. The Labute approximate surface area is 113 Å². The van der Waals surface area contributed by atoms with Crippen LogP contribution >= 0.6 is 0 Å². The van der Waals surface area contributed by atoms with E-state index in [9.17, 15) is 4.79 Å². The van der Waals surface area contributed by atoms with Crippen molar-refractivity contribution in [3.63, 3.8) is 0 Å². The number of amides is 1. The quantitative estimate of drug-likeness (QED) is 0.783. The number of primary amides is 1. The van der Waals surface area contributed by atoms with Gasteiger partial charge in [-0.1, -0.05) is 0 Å². The van der Waals surface area contributed by atoms with E-state index in [1.807, 2.05) is 12.1 Å². The van der Waals surface area contributed by atoms with Crippen LogP contribution in [-0.4, -0.2) is 43.0 Å². The Balaban J connectivity index is 1.72. The number of rotatable bonds is 3. The molecule has 2 fully saturated rings. The summed E-state index contributed by atoms with van der Waals surface area (Å²) in [5, 5.41) is 0. The Morgan fingerprint density at radius 2 is 1.84 bits per heavy atom. The van der Waals surface area contributed by atoms with Gasteiger partial charge in [-0.2, -0.15) is 0 Å². The van der Waals surface area contributed by atoms with Crippen molar-refractivity contribution in [2.45, 2.75) is 18.9 Å². The number of carbonyl (C=O) groups excluding carboxylic acids is 1. The van der Waals surface area contributed by atoms with Gasteiger partial charge in [-0.3, -0.25) is 9.69 Å². The first-order valence-corrected chi connectivity index (χ1v) is 6.83. The zero-order valence-electron chi connectivity index (χ0n) is 11.0. The number of benzene rings is 1. The summed E-state index contributed by atoms with van der Waals surface area (Å²) in [4.78, 5) is 16.2. The molecule has 102 valence electrons. The fourth-order valence-electron chi connectivity index (χ4n) is 2.74. The molecule has 0 spiro atoms. The van der Waals surface area contributed by atoms with Gasteiger partial charge in [0.25, 0.3) is 5.91 Å². The lowest BCUT2D eigenvalue weighted by Gasteiger charge is -2.36. The largest absolute Gasteiger partial charge is 0.398 e. The topological polar surface area (TPSA) is 75.6 Å². The molecule has 1 aromatic rings. The maximum Gasteiger partial charge on any atom is 0.250 e. The fourth-order valence-corrected chi connectivity index (χ4v) is 2.74. The van der Waals surface area contributed by atoms with E-state index >= 15 is 0 Å². The second-order valence-corrected chi connectivity index (χ2v) is 5.39.